The summed E-state index contributed by atoms with van der Waals surface area (Å²) in [4.78, 5) is 23.7. The molecule has 5 nitrogen and oxygen atoms in total. The van der Waals surface area contributed by atoms with Crippen molar-refractivity contribution in [3.63, 3.8) is 0 Å². The Morgan fingerprint density at radius 2 is 2.00 bits per heavy atom. The highest BCUT2D eigenvalue weighted by Crippen LogP contribution is 2.19. The van der Waals surface area contributed by atoms with Crippen molar-refractivity contribution in [3.8, 4) is 0 Å². The predicted molar refractivity (Wildman–Crippen MR) is 90.2 cm³/mol. The Kier molecular flexibility index (Phi) is 6.45. The molecule has 0 fully saturated rings. The first-order valence-electron chi connectivity index (χ1n) is 6.99. The van der Waals surface area contributed by atoms with E-state index in [9.17, 15) is 14.0 Å². The van der Waals surface area contributed by atoms with E-state index in [1.807, 2.05) is 6.07 Å². The second kappa shape index (κ2) is 8.56. The molecule has 0 atom stereocenters. The minimum Gasteiger partial charge on any atom is -0.452 e. The van der Waals surface area contributed by atoms with Crippen LogP contribution in [0.2, 0.25) is 0 Å². The van der Waals surface area contributed by atoms with Crippen molar-refractivity contribution in [2.75, 3.05) is 19.0 Å². The van der Waals surface area contributed by atoms with Gasteiger partial charge < -0.3 is 14.8 Å². The lowest BCUT2D eigenvalue weighted by Crippen LogP contribution is -2.21. The number of esters is 1. The molecule has 7 heteroatoms. The van der Waals surface area contributed by atoms with Gasteiger partial charge in [0.1, 0.15) is 5.82 Å². The summed E-state index contributed by atoms with van der Waals surface area (Å²) >= 11 is 3.12. The Bertz CT molecular complexity index is 751. The van der Waals surface area contributed by atoms with Crippen molar-refractivity contribution >= 4 is 33.5 Å². The molecule has 0 aliphatic carbocycles. The first kappa shape index (κ1) is 18.1. The summed E-state index contributed by atoms with van der Waals surface area (Å²) in [5, 5.41) is 2.34. The minimum atomic E-state index is -0.639. The predicted octanol–water partition coefficient (Wildman–Crippen LogP) is 3.53. The maximum atomic E-state index is 13.6. The minimum absolute atomic E-state index is 0.0151. The summed E-state index contributed by atoms with van der Waals surface area (Å²) in [5.41, 5.74) is 1.14. The Balaban J connectivity index is 1.91. The molecule has 0 saturated carbocycles. The van der Waals surface area contributed by atoms with Gasteiger partial charge in [-0.3, -0.25) is 4.79 Å². The molecule has 24 heavy (non-hydrogen) atoms. The number of methoxy groups -OCH3 is 1. The molecule has 0 spiro atoms. The van der Waals surface area contributed by atoms with Crippen molar-refractivity contribution in [1.29, 1.82) is 0 Å². The third kappa shape index (κ3) is 5.14. The van der Waals surface area contributed by atoms with Crippen LogP contribution in [0.5, 0.6) is 0 Å². The number of rotatable bonds is 6. The molecule has 126 valence electrons. The second-order valence-electron chi connectivity index (χ2n) is 4.88. The van der Waals surface area contributed by atoms with E-state index >= 15 is 0 Å². The zero-order valence-electron chi connectivity index (χ0n) is 12.8. The number of carbonyl (C=O) groups excluding carboxylic acids is 2. The maximum Gasteiger partial charge on any atom is 0.338 e. The molecule has 0 saturated heterocycles. The van der Waals surface area contributed by atoms with Gasteiger partial charge in [-0.1, -0.05) is 28.1 Å². The fourth-order valence-electron chi connectivity index (χ4n) is 1.95. The van der Waals surface area contributed by atoms with E-state index in [2.05, 4.69) is 21.2 Å². The van der Waals surface area contributed by atoms with E-state index < -0.39 is 24.3 Å². The molecule has 0 heterocycles. The summed E-state index contributed by atoms with van der Waals surface area (Å²) in [6.07, 6.45) is 0. The van der Waals surface area contributed by atoms with Gasteiger partial charge in [0.05, 0.1) is 17.9 Å². The zero-order chi connectivity index (χ0) is 17.5. The number of nitrogens with one attached hydrogen (secondary N) is 1. The summed E-state index contributed by atoms with van der Waals surface area (Å²) in [6, 6.07) is 10.9. The lowest BCUT2D eigenvalue weighted by molar-refractivity contribution is -0.119. The Morgan fingerprint density at radius 3 is 2.71 bits per heavy atom. The Hall–Kier alpha value is -2.25. The summed E-state index contributed by atoms with van der Waals surface area (Å²) in [6.45, 7) is -0.146. The second-order valence-corrected chi connectivity index (χ2v) is 5.80. The van der Waals surface area contributed by atoms with Crippen molar-refractivity contribution in [3.05, 3.63) is 63.9 Å². The molecule has 0 radical (unpaired) electrons. The van der Waals surface area contributed by atoms with Gasteiger partial charge in [-0.2, -0.15) is 0 Å². The van der Waals surface area contributed by atoms with Crippen LogP contribution in [0.1, 0.15) is 15.9 Å². The van der Waals surface area contributed by atoms with Gasteiger partial charge in [-0.15, -0.1) is 0 Å². The first-order valence-corrected chi connectivity index (χ1v) is 7.79. The van der Waals surface area contributed by atoms with Gasteiger partial charge in [0.2, 0.25) is 0 Å². The van der Waals surface area contributed by atoms with Crippen LogP contribution in [0.25, 0.3) is 0 Å². The van der Waals surface area contributed by atoms with Crippen LogP contribution < -0.4 is 5.32 Å². The average Bonchev–Trinajstić information content (AvgIpc) is 2.56. The molecule has 2 aromatic carbocycles. The normalized spacial score (nSPS) is 10.3. The number of ether oxygens (including phenoxy) is 2. The molecule has 0 unspecified atom stereocenters. The third-order valence-electron chi connectivity index (χ3n) is 3.01. The van der Waals surface area contributed by atoms with E-state index in [0.29, 0.717) is 16.6 Å². The van der Waals surface area contributed by atoms with Crippen LogP contribution in [0.15, 0.2) is 46.9 Å². The van der Waals surface area contributed by atoms with Gasteiger partial charge in [0, 0.05) is 11.6 Å². The SMILES string of the molecule is COCc1cccc(C(=O)OCC(=O)Nc2ccc(Br)cc2F)c1. The lowest BCUT2D eigenvalue weighted by Gasteiger charge is -2.08. The largest absolute Gasteiger partial charge is 0.452 e. The molecule has 1 amide bonds. The van der Waals surface area contributed by atoms with Gasteiger partial charge >= 0.3 is 5.97 Å². The highest BCUT2D eigenvalue weighted by atomic mass is 79.9. The number of carbonyl (C=O) groups is 2. The number of anilines is 1. The molecular formula is C17H15BrFNO4. The fourth-order valence-corrected chi connectivity index (χ4v) is 2.28. The summed E-state index contributed by atoms with van der Waals surface area (Å²) < 4.78 is 24.1. The van der Waals surface area contributed by atoms with Gasteiger partial charge in [-0.25, -0.2) is 9.18 Å². The van der Waals surface area contributed by atoms with Crippen LogP contribution in [-0.2, 0) is 20.9 Å². The van der Waals surface area contributed by atoms with Crippen LogP contribution in [-0.4, -0.2) is 25.6 Å². The van der Waals surface area contributed by atoms with Crippen molar-refractivity contribution < 1.29 is 23.5 Å². The highest BCUT2D eigenvalue weighted by Gasteiger charge is 2.12. The number of benzene rings is 2. The summed E-state index contributed by atoms with van der Waals surface area (Å²) in [7, 11) is 1.55. The van der Waals surface area contributed by atoms with Crippen molar-refractivity contribution in [1.82, 2.24) is 0 Å². The number of hydrogen-bond donors (Lipinski definition) is 1. The molecule has 0 aliphatic rings. The van der Waals surface area contributed by atoms with E-state index in [4.69, 9.17) is 9.47 Å². The lowest BCUT2D eigenvalue weighted by atomic mass is 10.1. The molecule has 0 bridgehead atoms. The van der Waals surface area contributed by atoms with Crippen LogP contribution in [0.4, 0.5) is 10.1 Å². The molecule has 2 rings (SSSR count). The van der Waals surface area contributed by atoms with Gasteiger partial charge in [0.15, 0.2) is 6.61 Å². The number of amides is 1. The first-order chi connectivity index (χ1) is 11.5. The average molecular weight is 396 g/mol. The van der Waals surface area contributed by atoms with E-state index in [1.54, 1.807) is 31.4 Å². The van der Waals surface area contributed by atoms with E-state index in [0.717, 1.165) is 5.56 Å². The molecule has 0 aromatic heterocycles. The Morgan fingerprint density at radius 1 is 1.21 bits per heavy atom. The van der Waals surface area contributed by atoms with Gasteiger partial charge in [-0.05, 0) is 35.9 Å². The zero-order valence-corrected chi connectivity index (χ0v) is 14.4. The van der Waals surface area contributed by atoms with Gasteiger partial charge in [0.25, 0.3) is 5.91 Å². The van der Waals surface area contributed by atoms with Crippen LogP contribution in [0.3, 0.4) is 0 Å². The molecular weight excluding hydrogens is 381 g/mol. The molecule has 1 N–H and O–H groups in total. The maximum absolute atomic E-state index is 13.6. The third-order valence-corrected chi connectivity index (χ3v) is 3.51. The van der Waals surface area contributed by atoms with E-state index in [-0.39, 0.29) is 5.69 Å². The van der Waals surface area contributed by atoms with Crippen LogP contribution >= 0.6 is 15.9 Å². The summed E-state index contributed by atoms with van der Waals surface area (Å²) in [5.74, 6) is -1.85. The van der Waals surface area contributed by atoms with E-state index in [1.165, 1.54) is 12.1 Å². The standard InChI is InChI=1S/C17H15BrFNO4/c1-23-9-11-3-2-4-12(7-11)17(22)24-10-16(21)20-15-6-5-13(18)8-14(15)19/h2-8H,9-10H2,1H3,(H,20,21). The van der Waals surface area contributed by atoms with Crippen LogP contribution in [0, 0.1) is 5.82 Å². The fraction of sp³-hybridized carbons (Fsp3) is 0.176. The quantitative estimate of drug-likeness (QED) is 0.759. The molecule has 0 aliphatic heterocycles. The molecule has 2 aromatic rings. The number of halogens is 2. The highest BCUT2D eigenvalue weighted by molar-refractivity contribution is 9.10. The van der Waals surface area contributed by atoms with Crippen molar-refractivity contribution in [2.24, 2.45) is 0 Å². The number of hydrogen-bond acceptors (Lipinski definition) is 4. The topological polar surface area (TPSA) is 64.6 Å². The monoisotopic (exact) mass is 395 g/mol. The Labute approximate surface area is 146 Å². The van der Waals surface area contributed by atoms with Crippen molar-refractivity contribution in [2.45, 2.75) is 6.61 Å². The smallest absolute Gasteiger partial charge is 0.338 e.